The molecule has 0 atom stereocenters. The van der Waals surface area contributed by atoms with Gasteiger partial charge in [0.05, 0.1) is 0 Å². The topological polar surface area (TPSA) is 93.3 Å². The van der Waals surface area contributed by atoms with Crippen molar-refractivity contribution < 1.29 is 0 Å². The van der Waals surface area contributed by atoms with Crippen molar-refractivity contribution in [2.24, 2.45) is 9.54 Å². The zero-order valence-electron chi connectivity index (χ0n) is 6.50. The highest BCUT2D eigenvalue weighted by atomic mass is 32.2. The molecule has 0 bridgehead atoms. The first kappa shape index (κ1) is 8.78. The Morgan fingerprint density at radius 2 is 1.58 bits per heavy atom. The van der Waals surface area contributed by atoms with Crippen LogP contribution in [0.4, 0.5) is 11.9 Å². The van der Waals surface area contributed by atoms with Gasteiger partial charge in [0, 0.05) is 5.18 Å². The van der Waals surface area contributed by atoms with Gasteiger partial charge in [0.1, 0.15) is 0 Å². The molecule has 0 saturated heterocycles. The number of nitrogens with zero attached hydrogens (tertiary/aromatic N) is 6. The Hall–Kier alpha value is -1.31. The molecule has 0 aliphatic rings. The van der Waals surface area contributed by atoms with Crippen molar-refractivity contribution in [3.63, 3.8) is 0 Å². The Balaban J connectivity index is 2.92. The second-order valence-electron chi connectivity index (χ2n) is 1.96. The minimum absolute atomic E-state index is 0.164. The Kier molecular flexibility index (Phi) is 2.86. The summed E-state index contributed by atoms with van der Waals surface area (Å²) in [5, 5.41) is 16.2. The third-order valence-electron chi connectivity index (χ3n) is 0.804. The normalized spacial score (nSPS) is 9.92. The third-order valence-corrected chi connectivity index (χ3v) is 1.33. The summed E-state index contributed by atoms with van der Waals surface area (Å²) in [5.74, 6) is -0.100. The lowest BCUT2D eigenvalue weighted by Crippen LogP contribution is -1.91. The number of nitroso groups, excluding NO2 is 1. The van der Waals surface area contributed by atoms with Crippen LogP contribution in [0.2, 0.25) is 0 Å². The van der Waals surface area contributed by atoms with Gasteiger partial charge < -0.3 is 0 Å². The average molecular weight is 186 g/mol. The van der Waals surface area contributed by atoms with E-state index >= 15 is 0 Å². The number of hydrogen-bond donors (Lipinski definition) is 0. The van der Waals surface area contributed by atoms with Crippen molar-refractivity contribution in [1.82, 2.24) is 20.4 Å². The third kappa shape index (κ3) is 2.38. The van der Waals surface area contributed by atoms with Crippen LogP contribution in [0.1, 0.15) is 0 Å². The lowest BCUT2D eigenvalue weighted by atomic mass is 11.0. The Morgan fingerprint density at radius 1 is 1.08 bits per heavy atom. The number of aromatic nitrogens is 4. The predicted octanol–water partition coefficient (Wildman–Crippen LogP) is 0.357. The molecule has 0 saturated carbocycles. The highest BCUT2D eigenvalue weighted by molar-refractivity contribution is 7.85. The maximum atomic E-state index is 9.86. The van der Waals surface area contributed by atoms with Crippen molar-refractivity contribution in [3.8, 4) is 0 Å². The lowest BCUT2D eigenvalue weighted by molar-refractivity contribution is 0.855. The molecule has 0 amide bonds. The summed E-state index contributed by atoms with van der Waals surface area (Å²) in [5.41, 5.74) is 0. The molecule has 1 aromatic rings. The molecule has 1 heterocycles. The van der Waals surface area contributed by atoms with Crippen molar-refractivity contribution in [2.75, 3.05) is 12.5 Å². The summed E-state index contributed by atoms with van der Waals surface area (Å²) in [6, 6.07) is 0. The highest BCUT2D eigenvalue weighted by Gasteiger charge is 1.97. The van der Waals surface area contributed by atoms with Crippen molar-refractivity contribution in [2.45, 2.75) is 0 Å². The molecule has 1 rings (SSSR count). The van der Waals surface area contributed by atoms with Crippen LogP contribution >= 0.6 is 0 Å². The summed E-state index contributed by atoms with van der Waals surface area (Å²) < 4.78 is 3.97. The Bertz CT molecular complexity index is 304. The van der Waals surface area contributed by atoms with Gasteiger partial charge in [-0.25, -0.2) is 0 Å². The molecule has 0 unspecified atom stereocenters. The lowest BCUT2D eigenvalue weighted by Gasteiger charge is -1.89. The van der Waals surface area contributed by atoms with E-state index in [2.05, 4.69) is 29.9 Å². The standard InChI is InChI=1S/C4H6N6OS/c1-12(2)10-4-7-5-3(9-11)6-8-4/h1-2H3. The van der Waals surface area contributed by atoms with E-state index < -0.39 is 0 Å². The minimum Gasteiger partial charge on any atom is -0.187 e. The molecule has 0 aliphatic carbocycles. The van der Waals surface area contributed by atoms with E-state index in [0.717, 1.165) is 0 Å². The van der Waals surface area contributed by atoms with E-state index in [1.165, 1.54) is 0 Å². The molecular weight excluding hydrogens is 180 g/mol. The zero-order chi connectivity index (χ0) is 8.97. The van der Waals surface area contributed by atoms with Gasteiger partial charge in [0.2, 0.25) is 0 Å². The van der Waals surface area contributed by atoms with E-state index in [1.807, 2.05) is 12.5 Å². The Morgan fingerprint density at radius 3 is 2.00 bits per heavy atom. The molecule has 0 N–H and O–H groups in total. The van der Waals surface area contributed by atoms with Gasteiger partial charge in [-0.15, -0.1) is 25.3 Å². The summed E-state index contributed by atoms with van der Waals surface area (Å²) in [7, 11) is -0.164. The molecule has 12 heavy (non-hydrogen) atoms. The number of rotatable bonds is 2. The molecule has 0 spiro atoms. The molecule has 8 heteroatoms. The number of hydrogen-bond acceptors (Lipinski definition) is 7. The van der Waals surface area contributed by atoms with Gasteiger partial charge in [-0.1, -0.05) is 10.7 Å². The van der Waals surface area contributed by atoms with E-state index in [9.17, 15) is 4.91 Å². The fourth-order valence-electron chi connectivity index (χ4n) is 0.455. The van der Waals surface area contributed by atoms with Crippen molar-refractivity contribution in [3.05, 3.63) is 4.91 Å². The smallest absolute Gasteiger partial charge is 0.187 e. The summed E-state index contributed by atoms with van der Waals surface area (Å²) in [6.07, 6.45) is 3.80. The molecule has 7 nitrogen and oxygen atoms in total. The fraction of sp³-hybridized carbons (Fsp3) is 0.500. The van der Waals surface area contributed by atoms with E-state index in [4.69, 9.17) is 0 Å². The van der Waals surface area contributed by atoms with Crippen LogP contribution in [0, 0.1) is 4.91 Å². The summed E-state index contributed by atoms with van der Waals surface area (Å²) in [6.45, 7) is 0. The molecule has 0 fully saturated rings. The minimum atomic E-state index is -0.277. The van der Waals surface area contributed by atoms with Gasteiger partial charge in [0.15, 0.2) is 0 Å². The first-order chi connectivity index (χ1) is 5.72. The molecule has 0 aromatic carbocycles. The maximum absolute atomic E-state index is 9.86. The van der Waals surface area contributed by atoms with E-state index in [-0.39, 0.29) is 22.6 Å². The maximum Gasteiger partial charge on any atom is 0.328 e. The second-order valence-corrected chi connectivity index (χ2v) is 3.69. The zero-order valence-corrected chi connectivity index (χ0v) is 7.32. The molecular formula is C4H6N6OS. The quantitative estimate of drug-likeness (QED) is 0.621. The monoisotopic (exact) mass is 186 g/mol. The van der Waals surface area contributed by atoms with Crippen LogP contribution in [0.15, 0.2) is 9.54 Å². The van der Waals surface area contributed by atoms with Gasteiger partial charge >= 0.3 is 5.95 Å². The van der Waals surface area contributed by atoms with Crippen molar-refractivity contribution >= 4 is 22.6 Å². The SMILES string of the molecule is CS(C)=Nc1nnc(N=O)nn1. The molecule has 1 aromatic heterocycles. The highest BCUT2D eigenvalue weighted by Crippen LogP contribution is 2.02. The van der Waals surface area contributed by atoms with Crippen LogP contribution in [0.3, 0.4) is 0 Å². The van der Waals surface area contributed by atoms with Crippen LogP contribution in [0.5, 0.6) is 0 Å². The summed E-state index contributed by atoms with van der Waals surface area (Å²) in [4.78, 5) is 9.86. The van der Waals surface area contributed by atoms with E-state index in [0.29, 0.717) is 0 Å². The Labute approximate surface area is 70.7 Å². The average Bonchev–Trinajstić information content (AvgIpc) is 2.05. The van der Waals surface area contributed by atoms with Gasteiger partial charge in [-0.05, 0) is 12.5 Å². The van der Waals surface area contributed by atoms with E-state index in [1.54, 1.807) is 0 Å². The fourth-order valence-corrected chi connectivity index (χ4v) is 0.855. The van der Waals surface area contributed by atoms with Crippen LogP contribution < -0.4 is 0 Å². The summed E-state index contributed by atoms with van der Waals surface area (Å²) >= 11 is 0. The van der Waals surface area contributed by atoms with Crippen molar-refractivity contribution in [1.29, 1.82) is 0 Å². The van der Waals surface area contributed by atoms with Gasteiger partial charge in [-0.3, -0.25) is 0 Å². The second kappa shape index (κ2) is 3.90. The van der Waals surface area contributed by atoms with Gasteiger partial charge in [-0.2, -0.15) is 4.36 Å². The van der Waals surface area contributed by atoms with Crippen LogP contribution in [0.25, 0.3) is 0 Å². The molecule has 0 aliphatic heterocycles. The predicted molar refractivity (Wildman–Crippen MR) is 44.4 cm³/mol. The molecule has 0 radical (unpaired) electrons. The van der Waals surface area contributed by atoms with Crippen LogP contribution in [-0.4, -0.2) is 32.9 Å². The first-order valence-corrected chi connectivity index (χ1v) is 4.92. The largest absolute Gasteiger partial charge is 0.328 e. The van der Waals surface area contributed by atoms with Gasteiger partial charge in [0.25, 0.3) is 5.95 Å². The molecule has 64 valence electrons. The van der Waals surface area contributed by atoms with Crippen LogP contribution in [-0.2, 0) is 10.7 Å². The first-order valence-electron chi connectivity index (χ1n) is 2.92.